The number of benzene rings is 1. The van der Waals surface area contributed by atoms with E-state index < -0.39 is 4.92 Å². The van der Waals surface area contributed by atoms with Crippen molar-refractivity contribution in [1.29, 1.82) is 0 Å². The first-order valence-corrected chi connectivity index (χ1v) is 4.85. The summed E-state index contributed by atoms with van der Waals surface area (Å²) in [5.74, 6) is 0. The topological polar surface area (TPSA) is 46.4 Å². The SMILES string of the molecule is CN(C)C(=S)Cc1cccc([N+](=O)[O-])c1. The highest BCUT2D eigenvalue weighted by atomic mass is 32.1. The molecule has 4 nitrogen and oxygen atoms in total. The van der Waals surface area contributed by atoms with Gasteiger partial charge in [0.25, 0.3) is 5.69 Å². The lowest BCUT2D eigenvalue weighted by molar-refractivity contribution is -0.384. The molecular formula is C10H12N2O2S. The van der Waals surface area contributed by atoms with Gasteiger partial charge in [0.05, 0.1) is 9.91 Å². The van der Waals surface area contributed by atoms with Crippen molar-refractivity contribution in [3.63, 3.8) is 0 Å². The maximum atomic E-state index is 10.5. The number of hydrogen-bond donors (Lipinski definition) is 0. The van der Waals surface area contributed by atoms with Crippen LogP contribution in [0.5, 0.6) is 0 Å². The van der Waals surface area contributed by atoms with Crippen LogP contribution in [0.25, 0.3) is 0 Å². The Kier molecular flexibility index (Phi) is 3.74. The third kappa shape index (κ3) is 3.28. The highest BCUT2D eigenvalue weighted by molar-refractivity contribution is 7.80. The Labute approximate surface area is 93.7 Å². The van der Waals surface area contributed by atoms with Gasteiger partial charge in [-0.3, -0.25) is 10.1 Å². The first-order valence-electron chi connectivity index (χ1n) is 4.44. The first-order chi connectivity index (χ1) is 7.00. The Morgan fingerprint density at radius 2 is 2.20 bits per heavy atom. The zero-order valence-electron chi connectivity index (χ0n) is 8.64. The largest absolute Gasteiger partial charge is 0.372 e. The molecule has 15 heavy (non-hydrogen) atoms. The highest BCUT2D eigenvalue weighted by Crippen LogP contribution is 2.14. The molecule has 0 aliphatic carbocycles. The van der Waals surface area contributed by atoms with E-state index in [1.165, 1.54) is 6.07 Å². The van der Waals surface area contributed by atoms with Crippen LogP contribution in [-0.4, -0.2) is 28.9 Å². The van der Waals surface area contributed by atoms with Crippen LogP contribution in [0.1, 0.15) is 5.56 Å². The van der Waals surface area contributed by atoms with Gasteiger partial charge >= 0.3 is 0 Å². The molecule has 0 unspecified atom stereocenters. The van der Waals surface area contributed by atoms with Gasteiger partial charge in [-0.1, -0.05) is 24.4 Å². The maximum absolute atomic E-state index is 10.5. The molecule has 0 aliphatic rings. The van der Waals surface area contributed by atoms with Crippen molar-refractivity contribution in [3.8, 4) is 0 Å². The minimum absolute atomic E-state index is 0.106. The Morgan fingerprint density at radius 3 is 2.73 bits per heavy atom. The summed E-state index contributed by atoms with van der Waals surface area (Å²) < 4.78 is 0. The van der Waals surface area contributed by atoms with Gasteiger partial charge in [0.1, 0.15) is 0 Å². The average molecular weight is 224 g/mol. The fourth-order valence-corrected chi connectivity index (χ4v) is 1.28. The summed E-state index contributed by atoms with van der Waals surface area (Å²) in [6, 6.07) is 6.53. The van der Waals surface area contributed by atoms with Crippen molar-refractivity contribution in [2.45, 2.75) is 6.42 Å². The number of nitro groups is 1. The van der Waals surface area contributed by atoms with E-state index in [1.807, 2.05) is 25.1 Å². The van der Waals surface area contributed by atoms with Gasteiger partial charge in [-0.25, -0.2) is 0 Å². The summed E-state index contributed by atoms with van der Waals surface area (Å²) in [4.78, 5) is 12.7. The van der Waals surface area contributed by atoms with Gasteiger partial charge in [-0.2, -0.15) is 0 Å². The van der Waals surface area contributed by atoms with Crippen LogP contribution in [0.2, 0.25) is 0 Å². The zero-order chi connectivity index (χ0) is 11.4. The van der Waals surface area contributed by atoms with Gasteiger partial charge < -0.3 is 4.90 Å². The van der Waals surface area contributed by atoms with Gasteiger partial charge in [0.2, 0.25) is 0 Å². The lowest BCUT2D eigenvalue weighted by atomic mass is 10.1. The summed E-state index contributed by atoms with van der Waals surface area (Å²) >= 11 is 5.12. The molecule has 0 heterocycles. The predicted octanol–water partition coefficient (Wildman–Crippen LogP) is 2.03. The summed E-state index contributed by atoms with van der Waals surface area (Å²) in [5.41, 5.74) is 0.969. The second kappa shape index (κ2) is 4.84. The summed E-state index contributed by atoms with van der Waals surface area (Å²) in [7, 11) is 3.72. The molecule has 0 aromatic heterocycles. The highest BCUT2D eigenvalue weighted by Gasteiger charge is 2.07. The zero-order valence-corrected chi connectivity index (χ0v) is 9.45. The molecule has 0 N–H and O–H groups in total. The van der Waals surface area contributed by atoms with Crippen LogP contribution in [0.3, 0.4) is 0 Å². The minimum Gasteiger partial charge on any atom is -0.372 e. The number of hydrogen-bond acceptors (Lipinski definition) is 3. The van der Waals surface area contributed by atoms with Crippen molar-refractivity contribution in [1.82, 2.24) is 4.90 Å². The van der Waals surface area contributed by atoms with E-state index in [1.54, 1.807) is 12.1 Å². The molecule has 1 aromatic rings. The number of nitrogens with zero attached hydrogens (tertiary/aromatic N) is 2. The molecular weight excluding hydrogens is 212 g/mol. The molecule has 1 aromatic carbocycles. The van der Waals surface area contributed by atoms with E-state index in [2.05, 4.69) is 0 Å². The van der Waals surface area contributed by atoms with E-state index >= 15 is 0 Å². The van der Waals surface area contributed by atoms with Crippen LogP contribution < -0.4 is 0 Å². The fraction of sp³-hybridized carbons (Fsp3) is 0.300. The average Bonchev–Trinajstić information content (AvgIpc) is 2.18. The minimum atomic E-state index is -0.401. The number of rotatable bonds is 3. The van der Waals surface area contributed by atoms with Crippen LogP contribution in [0.4, 0.5) is 5.69 Å². The Hall–Kier alpha value is -1.49. The molecule has 0 saturated heterocycles. The normalized spacial score (nSPS) is 9.73. The van der Waals surface area contributed by atoms with Gasteiger partial charge in [-0.05, 0) is 5.56 Å². The molecule has 0 bridgehead atoms. The third-order valence-electron chi connectivity index (χ3n) is 1.98. The Bertz CT molecular complexity index is 391. The smallest absolute Gasteiger partial charge is 0.269 e. The molecule has 80 valence electrons. The second-order valence-electron chi connectivity index (χ2n) is 3.39. The number of nitro benzene ring substituents is 1. The van der Waals surface area contributed by atoms with Crippen LogP contribution in [0, 0.1) is 10.1 Å². The Morgan fingerprint density at radius 1 is 1.53 bits per heavy atom. The Balaban J connectivity index is 2.83. The molecule has 0 saturated carbocycles. The predicted molar refractivity (Wildman–Crippen MR) is 63.1 cm³/mol. The summed E-state index contributed by atoms with van der Waals surface area (Å²) in [6.45, 7) is 0. The monoisotopic (exact) mass is 224 g/mol. The van der Waals surface area contributed by atoms with Crippen molar-refractivity contribution in [2.75, 3.05) is 14.1 Å². The van der Waals surface area contributed by atoms with Crippen molar-refractivity contribution in [2.24, 2.45) is 0 Å². The van der Waals surface area contributed by atoms with Crippen molar-refractivity contribution < 1.29 is 4.92 Å². The van der Waals surface area contributed by atoms with Gasteiger partial charge in [0, 0.05) is 32.6 Å². The molecule has 0 atom stereocenters. The molecule has 1 rings (SSSR count). The summed E-state index contributed by atoms with van der Waals surface area (Å²) in [5, 5.41) is 10.5. The fourth-order valence-electron chi connectivity index (χ4n) is 1.11. The standard InChI is InChI=1S/C10H12N2O2S/c1-11(2)10(15)7-8-4-3-5-9(6-8)12(13)14/h3-6H,7H2,1-2H3. The number of non-ortho nitro benzene ring substituents is 1. The first kappa shape index (κ1) is 11.6. The third-order valence-corrected chi connectivity index (χ3v) is 2.49. The van der Waals surface area contributed by atoms with Crippen LogP contribution >= 0.6 is 12.2 Å². The molecule has 0 radical (unpaired) electrons. The van der Waals surface area contributed by atoms with E-state index in [9.17, 15) is 10.1 Å². The van der Waals surface area contributed by atoms with E-state index in [-0.39, 0.29) is 5.69 Å². The van der Waals surface area contributed by atoms with Gasteiger partial charge in [-0.15, -0.1) is 0 Å². The van der Waals surface area contributed by atoms with Crippen LogP contribution in [0.15, 0.2) is 24.3 Å². The van der Waals surface area contributed by atoms with E-state index in [0.29, 0.717) is 6.42 Å². The quantitative estimate of drug-likeness (QED) is 0.447. The molecule has 0 amide bonds. The van der Waals surface area contributed by atoms with Crippen molar-refractivity contribution in [3.05, 3.63) is 39.9 Å². The second-order valence-corrected chi connectivity index (χ2v) is 3.86. The summed E-state index contributed by atoms with van der Waals surface area (Å²) in [6.07, 6.45) is 0.560. The van der Waals surface area contributed by atoms with E-state index in [4.69, 9.17) is 12.2 Å². The molecule has 0 spiro atoms. The van der Waals surface area contributed by atoms with Crippen molar-refractivity contribution >= 4 is 22.9 Å². The van der Waals surface area contributed by atoms with Crippen LogP contribution in [-0.2, 0) is 6.42 Å². The molecule has 0 fully saturated rings. The van der Waals surface area contributed by atoms with E-state index in [0.717, 1.165) is 10.6 Å². The van der Waals surface area contributed by atoms with Gasteiger partial charge in [0.15, 0.2) is 0 Å². The molecule has 0 aliphatic heterocycles. The molecule has 5 heteroatoms. The maximum Gasteiger partial charge on any atom is 0.269 e. The lowest BCUT2D eigenvalue weighted by Crippen LogP contribution is -2.21. The number of likely N-dealkylation sites (N-methyl/N-ethyl adjacent to an activating group) is 1. The number of thiocarbonyl (C=S) groups is 1. The lowest BCUT2D eigenvalue weighted by Gasteiger charge is -2.13.